The number of phenols is 1. The number of hydrogen-bond acceptors (Lipinski definition) is 5. The average molecular weight is 342 g/mol. The number of nitrogens with zero attached hydrogens (tertiary/aromatic N) is 1. The fourth-order valence-electron chi connectivity index (χ4n) is 3.68. The molecule has 2 atom stereocenters. The van der Waals surface area contributed by atoms with Gasteiger partial charge >= 0.3 is 0 Å². The Kier molecular flexibility index (Phi) is 4.60. The largest absolute Gasteiger partial charge is 0.506 e. The third-order valence-corrected chi connectivity index (χ3v) is 5.68. The molecule has 0 unspecified atom stereocenters. The third kappa shape index (κ3) is 3.21. The van der Waals surface area contributed by atoms with Gasteiger partial charge in [0.2, 0.25) is 0 Å². The SMILES string of the molecule is C[C@@]1(O)CCOC2(CCN(Cc3cccc(O)c3Cl)CC2)[C@H]1O. The molecular weight excluding hydrogens is 318 g/mol. The zero-order chi connectivity index (χ0) is 16.7. The lowest BCUT2D eigenvalue weighted by atomic mass is 9.75. The van der Waals surface area contributed by atoms with Gasteiger partial charge in [-0.15, -0.1) is 0 Å². The molecule has 0 aromatic heterocycles. The lowest BCUT2D eigenvalue weighted by Crippen LogP contribution is -2.64. The van der Waals surface area contributed by atoms with Crippen molar-refractivity contribution in [3.05, 3.63) is 28.8 Å². The number of aromatic hydroxyl groups is 1. The number of rotatable bonds is 2. The highest BCUT2D eigenvalue weighted by atomic mass is 35.5. The van der Waals surface area contributed by atoms with Crippen molar-refractivity contribution in [2.75, 3.05) is 19.7 Å². The van der Waals surface area contributed by atoms with Crippen molar-refractivity contribution in [1.82, 2.24) is 4.90 Å². The molecule has 0 radical (unpaired) electrons. The lowest BCUT2D eigenvalue weighted by Gasteiger charge is -2.51. The summed E-state index contributed by atoms with van der Waals surface area (Å²) in [5, 5.41) is 30.9. The molecule has 0 bridgehead atoms. The maximum atomic E-state index is 10.5. The summed E-state index contributed by atoms with van der Waals surface area (Å²) in [5.41, 5.74) is -0.852. The molecule has 2 aliphatic rings. The number of hydrogen-bond donors (Lipinski definition) is 3. The second-order valence-corrected chi connectivity index (χ2v) is 7.33. The maximum absolute atomic E-state index is 10.5. The Hall–Kier alpha value is -0.850. The van der Waals surface area contributed by atoms with Gasteiger partial charge in [-0.3, -0.25) is 4.90 Å². The van der Waals surface area contributed by atoms with E-state index in [1.54, 1.807) is 19.1 Å². The molecule has 5 nitrogen and oxygen atoms in total. The minimum atomic E-state index is -1.09. The lowest BCUT2D eigenvalue weighted by molar-refractivity contribution is -0.246. The predicted octanol–water partition coefficient (Wildman–Crippen LogP) is 1.91. The number of ether oxygens (including phenoxy) is 1. The molecule has 1 spiro atoms. The third-order valence-electron chi connectivity index (χ3n) is 5.24. The normalized spacial score (nSPS) is 31.4. The van der Waals surface area contributed by atoms with E-state index in [4.69, 9.17) is 16.3 Å². The molecule has 1 aromatic rings. The first kappa shape index (κ1) is 17.0. The Morgan fingerprint density at radius 1 is 1.30 bits per heavy atom. The first-order valence-corrected chi connectivity index (χ1v) is 8.45. The highest BCUT2D eigenvalue weighted by Gasteiger charge is 2.52. The van der Waals surface area contributed by atoms with Crippen LogP contribution in [0.1, 0.15) is 31.7 Å². The molecule has 128 valence electrons. The predicted molar refractivity (Wildman–Crippen MR) is 87.6 cm³/mol. The summed E-state index contributed by atoms with van der Waals surface area (Å²) in [7, 11) is 0. The zero-order valence-corrected chi connectivity index (χ0v) is 14.1. The van der Waals surface area contributed by atoms with E-state index >= 15 is 0 Å². The van der Waals surface area contributed by atoms with Gasteiger partial charge in [-0.2, -0.15) is 0 Å². The van der Waals surface area contributed by atoms with E-state index < -0.39 is 17.3 Å². The van der Waals surface area contributed by atoms with Crippen LogP contribution in [0.2, 0.25) is 5.02 Å². The number of aliphatic hydroxyl groups excluding tert-OH is 1. The van der Waals surface area contributed by atoms with Crippen molar-refractivity contribution in [2.45, 2.75) is 50.0 Å². The Morgan fingerprint density at radius 3 is 2.70 bits per heavy atom. The van der Waals surface area contributed by atoms with Crippen LogP contribution in [0, 0.1) is 0 Å². The van der Waals surface area contributed by atoms with Crippen LogP contribution in [-0.2, 0) is 11.3 Å². The molecule has 2 aliphatic heterocycles. The summed E-state index contributed by atoms with van der Waals surface area (Å²) < 4.78 is 5.89. The number of piperidine rings is 1. The van der Waals surface area contributed by atoms with Gasteiger partial charge in [-0.25, -0.2) is 0 Å². The summed E-state index contributed by atoms with van der Waals surface area (Å²) >= 11 is 6.14. The highest BCUT2D eigenvalue weighted by molar-refractivity contribution is 6.32. The van der Waals surface area contributed by atoms with Crippen LogP contribution in [0.3, 0.4) is 0 Å². The van der Waals surface area contributed by atoms with Crippen molar-refractivity contribution < 1.29 is 20.1 Å². The van der Waals surface area contributed by atoms with Gasteiger partial charge in [-0.05, 0) is 31.4 Å². The summed E-state index contributed by atoms with van der Waals surface area (Å²) in [6, 6.07) is 5.27. The molecule has 2 fully saturated rings. The number of aliphatic hydroxyl groups is 2. The van der Waals surface area contributed by atoms with Crippen LogP contribution in [-0.4, -0.2) is 57.2 Å². The molecule has 1 aromatic carbocycles. The molecule has 3 rings (SSSR count). The van der Waals surface area contributed by atoms with Gasteiger partial charge < -0.3 is 20.1 Å². The Morgan fingerprint density at radius 2 is 2.00 bits per heavy atom. The maximum Gasteiger partial charge on any atom is 0.134 e. The number of phenolic OH excluding ortho intramolecular Hbond substituents is 1. The monoisotopic (exact) mass is 341 g/mol. The fourth-order valence-corrected chi connectivity index (χ4v) is 3.87. The molecule has 0 amide bonds. The van der Waals surface area contributed by atoms with Crippen LogP contribution in [0.15, 0.2) is 18.2 Å². The molecule has 0 saturated carbocycles. The van der Waals surface area contributed by atoms with Gasteiger partial charge in [0, 0.05) is 26.1 Å². The summed E-state index contributed by atoms with van der Waals surface area (Å²) in [4.78, 5) is 2.23. The van der Waals surface area contributed by atoms with Crippen LogP contribution in [0.5, 0.6) is 5.75 Å². The van der Waals surface area contributed by atoms with E-state index in [-0.39, 0.29) is 5.75 Å². The first-order chi connectivity index (χ1) is 10.8. The number of halogens is 1. The zero-order valence-electron chi connectivity index (χ0n) is 13.3. The highest BCUT2D eigenvalue weighted by Crippen LogP contribution is 2.40. The summed E-state index contributed by atoms with van der Waals surface area (Å²) in [5.74, 6) is 0.0970. The van der Waals surface area contributed by atoms with Gasteiger partial charge in [0.15, 0.2) is 0 Å². The first-order valence-electron chi connectivity index (χ1n) is 8.07. The molecular formula is C17H24ClNO4. The van der Waals surface area contributed by atoms with E-state index in [1.165, 1.54) is 0 Å². The quantitative estimate of drug-likeness (QED) is 0.766. The van der Waals surface area contributed by atoms with Crippen molar-refractivity contribution in [2.24, 2.45) is 0 Å². The molecule has 23 heavy (non-hydrogen) atoms. The summed E-state index contributed by atoms with van der Waals surface area (Å²) in [6.07, 6.45) is 0.926. The second-order valence-electron chi connectivity index (χ2n) is 6.95. The van der Waals surface area contributed by atoms with Gasteiger partial charge in [0.25, 0.3) is 0 Å². The molecule has 6 heteroatoms. The molecule has 2 heterocycles. The summed E-state index contributed by atoms with van der Waals surface area (Å²) in [6.45, 7) is 4.30. The van der Waals surface area contributed by atoms with Crippen molar-refractivity contribution >= 4 is 11.6 Å². The number of benzene rings is 1. The van der Waals surface area contributed by atoms with E-state index in [0.717, 1.165) is 18.7 Å². The van der Waals surface area contributed by atoms with E-state index in [2.05, 4.69) is 4.90 Å². The van der Waals surface area contributed by atoms with Crippen LogP contribution < -0.4 is 0 Å². The second kappa shape index (κ2) is 6.22. The van der Waals surface area contributed by atoms with Crippen LogP contribution >= 0.6 is 11.6 Å². The molecule has 2 saturated heterocycles. The van der Waals surface area contributed by atoms with Crippen molar-refractivity contribution in [3.63, 3.8) is 0 Å². The van der Waals surface area contributed by atoms with Crippen LogP contribution in [0.25, 0.3) is 0 Å². The average Bonchev–Trinajstić information content (AvgIpc) is 2.52. The fraction of sp³-hybridized carbons (Fsp3) is 0.647. The minimum Gasteiger partial charge on any atom is -0.506 e. The van der Waals surface area contributed by atoms with Crippen LogP contribution in [0.4, 0.5) is 0 Å². The Bertz CT molecular complexity index is 570. The smallest absolute Gasteiger partial charge is 0.134 e. The Labute approximate surface area is 141 Å². The van der Waals surface area contributed by atoms with Crippen molar-refractivity contribution in [3.8, 4) is 5.75 Å². The molecule has 0 aliphatic carbocycles. The van der Waals surface area contributed by atoms with E-state index in [1.807, 2.05) is 6.07 Å². The minimum absolute atomic E-state index is 0.0970. The van der Waals surface area contributed by atoms with E-state index in [0.29, 0.717) is 37.4 Å². The number of likely N-dealkylation sites (tertiary alicyclic amines) is 1. The Balaban J connectivity index is 1.65. The standard InChI is InChI=1S/C17H24ClNO4/c1-16(22)7-10-23-17(15(16)21)5-8-19(9-6-17)11-12-3-2-4-13(20)14(12)18/h2-4,15,20-22H,5-11H2,1H3/t15-,16+/m0/s1. The van der Waals surface area contributed by atoms with Crippen molar-refractivity contribution in [1.29, 1.82) is 0 Å². The van der Waals surface area contributed by atoms with Gasteiger partial charge in [-0.1, -0.05) is 23.7 Å². The van der Waals surface area contributed by atoms with Gasteiger partial charge in [0.05, 0.1) is 22.8 Å². The van der Waals surface area contributed by atoms with E-state index in [9.17, 15) is 15.3 Å². The topological polar surface area (TPSA) is 73.2 Å². The van der Waals surface area contributed by atoms with Gasteiger partial charge in [0.1, 0.15) is 11.9 Å². The molecule has 3 N–H and O–H groups in total.